The second-order valence-electron chi connectivity index (χ2n) is 8.47. The standard InChI is InChI=1S/C27H32ClNO3/c1-3-4-5-6-7-8-9-10-11-23-19(2)29(26(30)20-12-15-22(28)16-13-20)25-17-14-21(27(31)32)18-24(23)25/h12-18H,3-11H2,1-2H3,(H,31,32). The Labute approximate surface area is 195 Å². The summed E-state index contributed by atoms with van der Waals surface area (Å²) < 4.78 is 1.71. The van der Waals surface area contributed by atoms with E-state index in [0.717, 1.165) is 41.4 Å². The molecule has 0 saturated heterocycles. The van der Waals surface area contributed by atoms with Crippen molar-refractivity contribution in [3.8, 4) is 0 Å². The van der Waals surface area contributed by atoms with Crippen molar-refractivity contribution in [3.05, 3.63) is 69.9 Å². The molecule has 0 saturated carbocycles. The Morgan fingerprint density at radius 1 is 0.875 bits per heavy atom. The summed E-state index contributed by atoms with van der Waals surface area (Å²) in [5.74, 6) is -1.09. The van der Waals surface area contributed by atoms with Crippen LogP contribution in [0.3, 0.4) is 0 Å². The van der Waals surface area contributed by atoms with Crippen molar-refractivity contribution < 1.29 is 14.7 Å². The maximum absolute atomic E-state index is 13.3. The highest BCUT2D eigenvalue weighted by molar-refractivity contribution is 6.30. The Bertz CT molecular complexity index is 1080. The van der Waals surface area contributed by atoms with E-state index in [1.807, 2.05) is 6.92 Å². The number of hydrogen-bond acceptors (Lipinski definition) is 2. The van der Waals surface area contributed by atoms with Gasteiger partial charge in [0.05, 0.1) is 11.1 Å². The van der Waals surface area contributed by atoms with Gasteiger partial charge in [0.15, 0.2) is 0 Å². The van der Waals surface area contributed by atoms with Gasteiger partial charge >= 0.3 is 5.97 Å². The molecule has 0 bridgehead atoms. The van der Waals surface area contributed by atoms with Crippen LogP contribution >= 0.6 is 11.6 Å². The lowest BCUT2D eigenvalue weighted by Crippen LogP contribution is -2.13. The van der Waals surface area contributed by atoms with Crippen molar-refractivity contribution in [2.24, 2.45) is 0 Å². The second-order valence-corrected chi connectivity index (χ2v) is 8.91. The maximum atomic E-state index is 13.3. The number of carboxylic acids is 1. The van der Waals surface area contributed by atoms with E-state index < -0.39 is 5.97 Å². The topological polar surface area (TPSA) is 59.3 Å². The number of aryl methyl sites for hydroxylation is 1. The van der Waals surface area contributed by atoms with E-state index in [1.165, 1.54) is 38.5 Å². The molecule has 0 aliphatic heterocycles. The third-order valence-corrected chi connectivity index (χ3v) is 6.41. The van der Waals surface area contributed by atoms with E-state index in [9.17, 15) is 14.7 Å². The summed E-state index contributed by atoms with van der Waals surface area (Å²) >= 11 is 5.98. The molecule has 5 heteroatoms. The van der Waals surface area contributed by atoms with E-state index in [0.29, 0.717) is 10.6 Å². The molecule has 4 nitrogen and oxygen atoms in total. The van der Waals surface area contributed by atoms with Gasteiger partial charge < -0.3 is 5.11 Å². The number of rotatable bonds is 11. The summed E-state index contributed by atoms with van der Waals surface area (Å²) in [7, 11) is 0. The molecule has 3 aromatic rings. The van der Waals surface area contributed by atoms with E-state index >= 15 is 0 Å². The lowest BCUT2D eigenvalue weighted by Gasteiger charge is -2.08. The number of aromatic carboxylic acids is 1. The van der Waals surface area contributed by atoms with Crippen LogP contribution in [0, 0.1) is 6.92 Å². The van der Waals surface area contributed by atoms with Gasteiger partial charge in [0.2, 0.25) is 0 Å². The Morgan fingerprint density at radius 2 is 1.47 bits per heavy atom. The zero-order valence-electron chi connectivity index (χ0n) is 19.0. The Hall–Kier alpha value is -2.59. The second kappa shape index (κ2) is 11.3. The van der Waals surface area contributed by atoms with Crippen LogP contribution in [0.25, 0.3) is 10.9 Å². The highest BCUT2D eigenvalue weighted by Gasteiger charge is 2.21. The number of carboxylic acid groups (broad SMARTS) is 1. The quantitative estimate of drug-likeness (QED) is 0.303. The largest absolute Gasteiger partial charge is 0.478 e. The molecule has 0 atom stereocenters. The zero-order valence-corrected chi connectivity index (χ0v) is 19.8. The minimum Gasteiger partial charge on any atom is -0.478 e. The van der Waals surface area contributed by atoms with Gasteiger partial charge in [-0.05, 0) is 67.8 Å². The lowest BCUT2D eigenvalue weighted by molar-refractivity contribution is 0.0697. The number of nitrogens with zero attached hydrogens (tertiary/aromatic N) is 1. The van der Waals surface area contributed by atoms with Crippen LogP contribution in [0.1, 0.15) is 90.3 Å². The summed E-state index contributed by atoms with van der Waals surface area (Å²) in [4.78, 5) is 24.9. The van der Waals surface area contributed by atoms with Gasteiger partial charge in [-0.2, -0.15) is 0 Å². The van der Waals surface area contributed by atoms with Gasteiger partial charge in [0, 0.05) is 21.7 Å². The molecule has 0 spiro atoms. The van der Waals surface area contributed by atoms with Gasteiger partial charge in [-0.1, -0.05) is 63.5 Å². The number of aromatic nitrogens is 1. The first-order valence-corrected chi connectivity index (χ1v) is 12.0. The number of carbonyl (C=O) groups excluding carboxylic acids is 1. The van der Waals surface area contributed by atoms with Crippen molar-refractivity contribution in [2.75, 3.05) is 0 Å². The van der Waals surface area contributed by atoms with Gasteiger partial charge in [-0.15, -0.1) is 0 Å². The lowest BCUT2D eigenvalue weighted by atomic mass is 10.0. The summed E-state index contributed by atoms with van der Waals surface area (Å²) in [6, 6.07) is 11.9. The van der Waals surface area contributed by atoms with E-state index in [1.54, 1.807) is 47.0 Å². The summed E-state index contributed by atoms with van der Waals surface area (Å²) in [6.07, 6.45) is 10.7. The maximum Gasteiger partial charge on any atom is 0.335 e. The van der Waals surface area contributed by atoms with Crippen LogP contribution in [0.2, 0.25) is 5.02 Å². The molecule has 32 heavy (non-hydrogen) atoms. The fraction of sp³-hybridized carbons (Fsp3) is 0.407. The number of fused-ring (bicyclic) bond motifs is 1. The molecule has 1 heterocycles. The van der Waals surface area contributed by atoms with Crippen molar-refractivity contribution in [2.45, 2.75) is 71.6 Å². The van der Waals surface area contributed by atoms with E-state index in [-0.39, 0.29) is 11.5 Å². The number of halogens is 1. The smallest absolute Gasteiger partial charge is 0.335 e. The molecule has 0 aliphatic rings. The molecule has 3 rings (SSSR count). The molecule has 1 aromatic heterocycles. The first kappa shape index (κ1) is 24.1. The van der Waals surface area contributed by atoms with Crippen molar-refractivity contribution in [1.82, 2.24) is 4.57 Å². The highest BCUT2D eigenvalue weighted by atomic mass is 35.5. The third-order valence-electron chi connectivity index (χ3n) is 6.16. The normalized spacial score (nSPS) is 11.2. The predicted octanol–water partition coefficient (Wildman–Crippen LogP) is 7.67. The molecular formula is C27H32ClNO3. The minimum atomic E-state index is -0.959. The fourth-order valence-electron chi connectivity index (χ4n) is 4.35. The molecular weight excluding hydrogens is 422 g/mol. The Kier molecular flexibility index (Phi) is 8.52. The first-order valence-electron chi connectivity index (χ1n) is 11.6. The average Bonchev–Trinajstić information content (AvgIpc) is 3.06. The number of carbonyl (C=O) groups is 2. The molecule has 1 N–H and O–H groups in total. The van der Waals surface area contributed by atoms with Gasteiger partial charge in [-0.3, -0.25) is 9.36 Å². The van der Waals surface area contributed by atoms with Crippen LogP contribution in [0.4, 0.5) is 0 Å². The summed E-state index contributed by atoms with van der Waals surface area (Å²) in [5, 5.41) is 10.9. The third kappa shape index (κ3) is 5.60. The molecule has 0 radical (unpaired) electrons. The van der Waals surface area contributed by atoms with Crippen LogP contribution in [-0.2, 0) is 6.42 Å². The predicted molar refractivity (Wildman–Crippen MR) is 131 cm³/mol. The van der Waals surface area contributed by atoms with Gasteiger partial charge in [0.1, 0.15) is 0 Å². The van der Waals surface area contributed by atoms with Crippen LogP contribution in [-0.4, -0.2) is 21.6 Å². The number of benzene rings is 2. The average molecular weight is 454 g/mol. The minimum absolute atomic E-state index is 0.130. The fourth-order valence-corrected chi connectivity index (χ4v) is 4.48. The Balaban J connectivity index is 1.85. The van der Waals surface area contributed by atoms with Crippen molar-refractivity contribution in [1.29, 1.82) is 0 Å². The van der Waals surface area contributed by atoms with E-state index in [4.69, 9.17) is 11.6 Å². The highest BCUT2D eigenvalue weighted by Crippen LogP contribution is 2.30. The first-order chi connectivity index (χ1) is 15.4. The van der Waals surface area contributed by atoms with Crippen molar-refractivity contribution in [3.63, 3.8) is 0 Å². The van der Waals surface area contributed by atoms with Crippen LogP contribution < -0.4 is 0 Å². The van der Waals surface area contributed by atoms with Gasteiger partial charge in [0.25, 0.3) is 5.91 Å². The molecule has 0 amide bonds. The summed E-state index contributed by atoms with van der Waals surface area (Å²) in [6.45, 7) is 4.18. The SMILES string of the molecule is CCCCCCCCCCc1c(C)n(C(=O)c2ccc(Cl)cc2)c2ccc(C(=O)O)cc12. The van der Waals surface area contributed by atoms with Crippen molar-refractivity contribution >= 4 is 34.4 Å². The Morgan fingerprint density at radius 3 is 2.09 bits per heavy atom. The molecule has 0 fully saturated rings. The van der Waals surface area contributed by atoms with Crippen LogP contribution in [0.5, 0.6) is 0 Å². The molecule has 170 valence electrons. The van der Waals surface area contributed by atoms with E-state index in [2.05, 4.69) is 6.92 Å². The molecule has 0 aliphatic carbocycles. The summed E-state index contributed by atoms with van der Waals surface area (Å²) in [5.41, 5.74) is 3.49. The van der Waals surface area contributed by atoms with Crippen LogP contribution in [0.15, 0.2) is 42.5 Å². The monoisotopic (exact) mass is 453 g/mol. The molecule has 2 aromatic carbocycles. The van der Waals surface area contributed by atoms with Gasteiger partial charge in [-0.25, -0.2) is 4.79 Å². The zero-order chi connectivity index (χ0) is 23.1. The molecule has 0 unspecified atom stereocenters. The number of unbranched alkanes of at least 4 members (excludes halogenated alkanes) is 7. The number of hydrogen-bond donors (Lipinski definition) is 1.